The second-order valence-electron chi connectivity index (χ2n) is 8.43. The number of aliphatic carboxylic acids is 1. The third-order valence-corrected chi connectivity index (χ3v) is 6.24. The van der Waals surface area contributed by atoms with Gasteiger partial charge in [0.2, 0.25) is 0 Å². The van der Waals surface area contributed by atoms with Crippen LogP contribution >= 0.6 is 0 Å². The molecule has 1 aromatic heterocycles. The fourth-order valence-corrected chi connectivity index (χ4v) is 4.60. The van der Waals surface area contributed by atoms with Crippen LogP contribution in [0.1, 0.15) is 34.7 Å². The third kappa shape index (κ3) is 4.04. The van der Waals surface area contributed by atoms with E-state index in [1.165, 1.54) is 22.9 Å². The number of hydrogen-bond acceptors (Lipinski definition) is 3. The third-order valence-electron chi connectivity index (χ3n) is 6.24. The molecule has 0 aliphatic heterocycles. The highest BCUT2D eigenvalue weighted by Gasteiger charge is 2.21. The standard InChI is InChI=1S/C29H23NO4/c31-23-15-11-20(12-16-23)28(32)17-21(18-29(33)34)19-9-13-22(14-10-19)30-26-7-3-1-5-24(26)25-6-2-4-8-27(25)30/h1-16,21,31H,17-18H2,(H,33,34). The summed E-state index contributed by atoms with van der Waals surface area (Å²) in [6.07, 6.45) is -0.0651. The first kappa shape index (κ1) is 21.5. The van der Waals surface area contributed by atoms with Gasteiger partial charge in [-0.3, -0.25) is 9.59 Å². The number of carbonyl (C=O) groups excluding carboxylic acids is 1. The van der Waals surface area contributed by atoms with Crippen molar-refractivity contribution in [2.24, 2.45) is 0 Å². The number of carboxylic acids is 1. The molecule has 1 unspecified atom stereocenters. The van der Waals surface area contributed by atoms with Gasteiger partial charge < -0.3 is 14.8 Å². The Bertz CT molecular complexity index is 1440. The lowest BCUT2D eigenvalue weighted by atomic mass is 9.89. The first-order chi connectivity index (χ1) is 16.5. The van der Waals surface area contributed by atoms with Crippen molar-refractivity contribution in [1.29, 1.82) is 0 Å². The van der Waals surface area contributed by atoms with E-state index in [1.807, 2.05) is 48.5 Å². The summed E-state index contributed by atoms with van der Waals surface area (Å²) in [5, 5.41) is 21.3. The molecule has 0 aliphatic rings. The molecule has 5 heteroatoms. The predicted molar refractivity (Wildman–Crippen MR) is 133 cm³/mol. The Labute approximate surface area is 196 Å². The first-order valence-electron chi connectivity index (χ1n) is 11.1. The molecular weight excluding hydrogens is 426 g/mol. The Morgan fingerprint density at radius 1 is 0.706 bits per heavy atom. The Morgan fingerprint density at radius 2 is 1.26 bits per heavy atom. The van der Waals surface area contributed by atoms with E-state index in [0.717, 1.165) is 22.3 Å². The zero-order valence-corrected chi connectivity index (χ0v) is 18.4. The maximum absolute atomic E-state index is 12.8. The molecule has 1 atom stereocenters. The van der Waals surface area contributed by atoms with Crippen LogP contribution in [0.2, 0.25) is 0 Å². The highest BCUT2D eigenvalue weighted by Crippen LogP contribution is 2.33. The molecule has 0 fully saturated rings. The molecule has 0 saturated heterocycles. The number of para-hydroxylation sites is 2. The minimum atomic E-state index is -0.949. The number of ketones is 1. The minimum absolute atomic E-state index is 0.0752. The Kier molecular flexibility index (Phi) is 5.60. The summed E-state index contributed by atoms with van der Waals surface area (Å²) < 4.78 is 2.20. The number of nitrogens with zero attached hydrogens (tertiary/aromatic N) is 1. The van der Waals surface area contributed by atoms with Gasteiger partial charge in [-0.15, -0.1) is 0 Å². The summed E-state index contributed by atoms with van der Waals surface area (Å²) in [7, 11) is 0. The molecule has 0 spiro atoms. The molecule has 4 aromatic carbocycles. The van der Waals surface area contributed by atoms with Gasteiger partial charge in [0.1, 0.15) is 5.75 Å². The fourth-order valence-electron chi connectivity index (χ4n) is 4.60. The maximum Gasteiger partial charge on any atom is 0.303 e. The van der Waals surface area contributed by atoms with Crippen molar-refractivity contribution >= 4 is 33.6 Å². The van der Waals surface area contributed by atoms with Crippen molar-refractivity contribution < 1.29 is 19.8 Å². The zero-order valence-electron chi connectivity index (χ0n) is 18.4. The van der Waals surface area contributed by atoms with E-state index < -0.39 is 11.9 Å². The van der Waals surface area contributed by atoms with Crippen LogP contribution in [0.5, 0.6) is 5.75 Å². The first-order valence-corrected chi connectivity index (χ1v) is 11.1. The topological polar surface area (TPSA) is 79.5 Å². The Hall–Kier alpha value is -4.38. The number of carboxylic acid groups (broad SMARTS) is 1. The fraction of sp³-hybridized carbons (Fsp3) is 0.103. The number of phenolic OH excluding ortho intramolecular Hbond substituents is 1. The lowest BCUT2D eigenvalue weighted by Gasteiger charge is -2.16. The Balaban J connectivity index is 1.50. The van der Waals surface area contributed by atoms with Crippen molar-refractivity contribution in [1.82, 2.24) is 4.57 Å². The lowest BCUT2D eigenvalue weighted by molar-refractivity contribution is -0.137. The monoisotopic (exact) mass is 449 g/mol. The molecule has 0 saturated carbocycles. The molecule has 0 amide bonds. The maximum atomic E-state index is 12.8. The van der Waals surface area contributed by atoms with E-state index in [4.69, 9.17) is 0 Å². The number of hydrogen-bond donors (Lipinski definition) is 2. The number of aromatic nitrogens is 1. The van der Waals surface area contributed by atoms with Gasteiger partial charge in [-0.2, -0.15) is 0 Å². The van der Waals surface area contributed by atoms with E-state index >= 15 is 0 Å². The van der Waals surface area contributed by atoms with Crippen LogP contribution in [-0.4, -0.2) is 26.5 Å². The van der Waals surface area contributed by atoms with E-state index in [9.17, 15) is 19.8 Å². The van der Waals surface area contributed by atoms with Crippen molar-refractivity contribution in [3.8, 4) is 11.4 Å². The van der Waals surface area contributed by atoms with Gasteiger partial charge in [-0.05, 0) is 54.1 Å². The van der Waals surface area contributed by atoms with E-state index in [2.05, 4.69) is 28.8 Å². The number of rotatable bonds is 7. The van der Waals surface area contributed by atoms with E-state index in [1.54, 1.807) is 12.1 Å². The zero-order chi connectivity index (χ0) is 23.7. The summed E-state index contributed by atoms with van der Waals surface area (Å²) in [6.45, 7) is 0. The Morgan fingerprint density at radius 3 is 1.82 bits per heavy atom. The van der Waals surface area contributed by atoms with Crippen LogP contribution in [-0.2, 0) is 4.79 Å². The van der Waals surface area contributed by atoms with Gasteiger partial charge in [-0.25, -0.2) is 0 Å². The SMILES string of the molecule is O=C(O)CC(CC(=O)c1ccc(O)cc1)c1ccc(-n2c3ccccc3c3ccccc32)cc1. The molecule has 0 radical (unpaired) electrons. The molecule has 5 rings (SSSR count). The second-order valence-corrected chi connectivity index (χ2v) is 8.43. The van der Waals surface area contributed by atoms with Crippen LogP contribution in [0.3, 0.4) is 0 Å². The quantitative estimate of drug-likeness (QED) is 0.285. The van der Waals surface area contributed by atoms with Gasteiger partial charge in [0, 0.05) is 34.4 Å². The average molecular weight is 450 g/mol. The van der Waals surface area contributed by atoms with E-state index in [-0.39, 0.29) is 24.4 Å². The average Bonchev–Trinajstić information content (AvgIpc) is 3.18. The van der Waals surface area contributed by atoms with Gasteiger partial charge in [0.25, 0.3) is 0 Å². The number of aromatic hydroxyl groups is 1. The van der Waals surface area contributed by atoms with Crippen LogP contribution in [0.4, 0.5) is 0 Å². The van der Waals surface area contributed by atoms with Crippen molar-refractivity contribution in [3.05, 3.63) is 108 Å². The normalized spacial score (nSPS) is 12.1. The molecular formula is C29H23NO4. The lowest BCUT2D eigenvalue weighted by Crippen LogP contribution is -2.12. The molecule has 0 bridgehead atoms. The molecule has 168 valence electrons. The summed E-state index contributed by atoms with van der Waals surface area (Å²) in [4.78, 5) is 24.3. The number of carbonyl (C=O) groups is 2. The number of Topliss-reactive ketones (excluding diaryl/α,β-unsaturated/α-hetero) is 1. The predicted octanol–water partition coefficient (Wildman–Crippen LogP) is 6.32. The molecule has 5 aromatic rings. The summed E-state index contributed by atoms with van der Waals surface area (Å²) in [5.41, 5.74) is 4.43. The van der Waals surface area contributed by atoms with Crippen molar-refractivity contribution in [3.63, 3.8) is 0 Å². The van der Waals surface area contributed by atoms with Crippen LogP contribution in [0.25, 0.3) is 27.5 Å². The van der Waals surface area contributed by atoms with Gasteiger partial charge in [0.05, 0.1) is 17.5 Å². The van der Waals surface area contributed by atoms with Crippen molar-refractivity contribution in [2.75, 3.05) is 0 Å². The van der Waals surface area contributed by atoms with Crippen molar-refractivity contribution in [2.45, 2.75) is 18.8 Å². The number of fused-ring (bicyclic) bond motifs is 3. The van der Waals surface area contributed by atoms with Gasteiger partial charge >= 0.3 is 5.97 Å². The highest BCUT2D eigenvalue weighted by molar-refractivity contribution is 6.09. The second kappa shape index (κ2) is 8.87. The molecule has 0 aliphatic carbocycles. The summed E-state index contributed by atoms with van der Waals surface area (Å²) >= 11 is 0. The summed E-state index contributed by atoms with van der Waals surface area (Å²) in [6, 6.07) is 30.3. The van der Waals surface area contributed by atoms with Crippen LogP contribution in [0.15, 0.2) is 97.1 Å². The minimum Gasteiger partial charge on any atom is -0.508 e. The van der Waals surface area contributed by atoms with Gasteiger partial charge in [0.15, 0.2) is 5.78 Å². The van der Waals surface area contributed by atoms with Crippen LogP contribution < -0.4 is 0 Å². The van der Waals surface area contributed by atoms with Gasteiger partial charge in [-0.1, -0.05) is 48.5 Å². The highest BCUT2D eigenvalue weighted by atomic mass is 16.4. The largest absolute Gasteiger partial charge is 0.508 e. The van der Waals surface area contributed by atoms with Crippen LogP contribution in [0, 0.1) is 0 Å². The number of benzene rings is 4. The molecule has 5 nitrogen and oxygen atoms in total. The molecule has 2 N–H and O–H groups in total. The van der Waals surface area contributed by atoms with E-state index in [0.29, 0.717) is 5.56 Å². The molecule has 1 heterocycles. The summed E-state index contributed by atoms with van der Waals surface area (Å²) in [5.74, 6) is -1.47. The molecule has 34 heavy (non-hydrogen) atoms. The number of phenols is 1. The smallest absolute Gasteiger partial charge is 0.303 e.